The van der Waals surface area contributed by atoms with Gasteiger partial charge in [-0.3, -0.25) is 9.59 Å². The van der Waals surface area contributed by atoms with Crippen LogP contribution >= 0.6 is 23.1 Å². The largest absolute Gasteiger partial charge is 0.416 e. The van der Waals surface area contributed by atoms with Crippen molar-refractivity contribution in [3.8, 4) is 0 Å². The number of carbonyl (C=O) groups excluding carboxylic acids is 2. The number of hydrogen-bond acceptors (Lipinski definition) is 8. The lowest BCUT2D eigenvalue weighted by Crippen LogP contribution is -2.09. The molecule has 0 aliphatic heterocycles. The summed E-state index contributed by atoms with van der Waals surface area (Å²) in [4.78, 5) is 28.0. The minimum Gasteiger partial charge on any atom is -0.416 e. The smallest absolute Gasteiger partial charge is 0.277 e. The number of hydrogen-bond donors (Lipinski definition) is 1. The van der Waals surface area contributed by atoms with Crippen LogP contribution in [0.2, 0.25) is 0 Å². The van der Waals surface area contributed by atoms with Crippen molar-refractivity contribution in [3.05, 3.63) is 51.8 Å². The normalized spacial score (nSPS) is 10.7. The number of carbonyl (C=O) groups is 2. The fourth-order valence-corrected chi connectivity index (χ4v) is 3.50. The Kier molecular flexibility index (Phi) is 6.36. The zero-order valence-corrected chi connectivity index (χ0v) is 16.5. The molecule has 0 spiro atoms. The molecule has 0 unspecified atom stereocenters. The lowest BCUT2D eigenvalue weighted by Gasteiger charge is -2.04. The second kappa shape index (κ2) is 8.92. The maximum absolute atomic E-state index is 12.3. The van der Waals surface area contributed by atoms with Crippen molar-refractivity contribution in [2.24, 2.45) is 0 Å². The third-order valence-electron chi connectivity index (χ3n) is 3.59. The molecule has 27 heavy (non-hydrogen) atoms. The average Bonchev–Trinajstić information content (AvgIpc) is 3.29. The molecule has 2 aromatic heterocycles. The minimum atomic E-state index is -0.0651. The Morgan fingerprint density at radius 1 is 1.22 bits per heavy atom. The van der Waals surface area contributed by atoms with E-state index >= 15 is 0 Å². The zero-order valence-electron chi connectivity index (χ0n) is 14.9. The Morgan fingerprint density at radius 3 is 2.67 bits per heavy atom. The first-order valence-corrected chi connectivity index (χ1v) is 10.2. The maximum Gasteiger partial charge on any atom is 0.277 e. The molecule has 0 aliphatic rings. The topological polar surface area (TPSA) is 98.0 Å². The zero-order chi connectivity index (χ0) is 19.2. The number of rotatable bonds is 8. The Labute approximate surface area is 164 Å². The first kappa shape index (κ1) is 19.2. The van der Waals surface area contributed by atoms with Gasteiger partial charge in [0.05, 0.1) is 22.9 Å². The maximum atomic E-state index is 12.3. The highest BCUT2D eigenvalue weighted by Crippen LogP contribution is 2.20. The Balaban J connectivity index is 1.52. The van der Waals surface area contributed by atoms with E-state index in [2.05, 4.69) is 20.5 Å². The quantitative estimate of drug-likeness (QED) is 0.452. The number of aryl methyl sites for hydroxylation is 1. The molecular weight excluding hydrogens is 384 g/mol. The highest BCUT2D eigenvalue weighted by molar-refractivity contribution is 7.99. The number of nitrogens with zero attached hydrogens (tertiary/aromatic N) is 3. The molecule has 0 aliphatic carbocycles. The molecule has 3 rings (SSSR count). The van der Waals surface area contributed by atoms with Crippen molar-refractivity contribution in [3.63, 3.8) is 0 Å². The van der Waals surface area contributed by atoms with Gasteiger partial charge in [-0.2, -0.15) is 0 Å². The SMILES string of the molecule is CCC(=O)Nc1ccc(C(=O)CSc2nnc(Cc3csc(C)n3)o2)cc1. The van der Waals surface area contributed by atoms with Gasteiger partial charge in [0.25, 0.3) is 5.22 Å². The van der Waals surface area contributed by atoms with E-state index in [9.17, 15) is 9.59 Å². The predicted molar refractivity (Wildman–Crippen MR) is 104 cm³/mol. The lowest BCUT2D eigenvalue weighted by molar-refractivity contribution is -0.115. The third kappa shape index (κ3) is 5.48. The van der Waals surface area contributed by atoms with E-state index in [0.29, 0.717) is 35.2 Å². The molecule has 0 fully saturated rings. The van der Waals surface area contributed by atoms with Crippen LogP contribution in [0.15, 0.2) is 39.3 Å². The number of thioether (sulfide) groups is 1. The van der Waals surface area contributed by atoms with Crippen LogP contribution in [-0.2, 0) is 11.2 Å². The van der Waals surface area contributed by atoms with Crippen molar-refractivity contribution in [2.45, 2.75) is 31.9 Å². The van der Waals surface area contributed by atoms with Gasteiger partial charge in [0.2, 0.25) is 11.8 Å². The summed E-state index contributed by atoms with van der Waals surface area (Å²) < 4.78 is 5.56. The molecule has 7 nitrogen and oxygen atoms in total. The third-order valence-corrected chi connectivity index (χ3v) is 5.23. The number of aromatic nitrogens is 3. The first-order valence-electron chi connectivity index (χ1n) is 8.32. The Morgan fingerprint density at radius 2 is 2.00 bits per heavy atom. The second-order valence-electron chi connectivity index (χ2n) is 5.69. The molecular formula is C18H18N4O3S2. The number of Topliss-reactive ketones (excluding diaryl/α,β-unsaturated/α-hetero) is 1. The standard InChI is InChI=1S/C18H18N4O3S2/c1-3-16(24)20-13-6-4-12(5-7-13)15(23)10-27-18-22-21-17(25-18)8-14-9-26-11(2)19-14/h4-7,9H,3,8,10H2,1-2H3,(H,20,24). The van der Waals surface area contributed by atoms with Crippen molar-refractivity contribution < 1.29 is 14.0 Å². The lowest BCUT2D eigenvalue weighted by atomic mass is 10.1. The van der Waals surface area contributed by atoms with E-state index in [1.807, 2.05) is 12.3 Å². The summed E-state index contributed by atoms with van der Waals surface area (Å²) >= 11 is 2.77. The molecule has 0 radical (unpaired) electrons. The van der Waals surface area contributed by atoms with Gasteiger partial charge in [-0.15, -0.1) is 21.5 Å². The van der Waals surface area contributed by atoms with E-state index < -0.39 is 0 Å². The van der Waals surface area contributed by atoms with Crippen molar-refractivity contribution in [1.29, 1.82) is 0 Å². The molecule has 0 bridgehead atoms. The summed E-state index contributed by atoms with van der Waals surface area (Å²) in [6.45, 7) is 3.73. The first-order chi connectivity index (χ1) is 13.0. The molecule has 140 valence electrons. The molecule has 0 saturated heterocycles. The summed E-state index contributed by atoms with van der Waals surface area (Å²) in [5, 5.41) is 14.0. The van der Waals surface area contributed by atoms with Crippen molar-refractivity contribution in [2.75, 3.05) is 11.1 Å². The van der Waals surface area contributed by atoms with Crippen LogP contribution in [0.25, 0.3) is 0 Å². The van der Waals surface area contributed by atoms with Gasteiger partial charge in [0, 0.05) is 23.1 Å². The monoisotopic (exact) mass is 402 g/mol. The highest BCUT2D eigenvalue weighted by atomic mass is 32.2. The van der Waals surface area contributed by atoms with E-state index in [-0.39, 0.29) is 17.4 Å². The number of benzene rings is 1. The van der Waals surface area contributed by atoms with Crippen molar-refractivity contribution in [1.82, 2.24) is 15.2 Å². The number of anilines is 1. The Hall–Kier alpha value is -2.52. The molecule has 0 saturated carbocycles. The van der Waals surface area contributed by atoms with Crippen LogP contribution in [0.5, 0.6) is 0 Å². The minimum absolute atomic E-state index is 0.0526. The van der Waals surface area contributed by atoms with Crippen LogP contribution in [-0.4, -0.2) is 32.6 Å². The summed E-state index contributed by atoms with van der Waals surface area (Å²) in [5.41, 5.74) is 2.13. The van der Waals surface area contributed by atoms with Gasteiger partial charge < -0.3 is 9.73 Å². The van der Waals surface area contributed by atoms with Crippen LogP contribution in [0, 0.1) is 6.92 Å². The second-order valence-corrected chi connectivity index (χ2v) is 7.68. The van der Waals surface area contributed by atoms with E-state index in [1.165, 1.54) is 11.8 Å². The van der Waals surface area contributed by atoms with Gasteiger partial charge in [-0.25, -0.2) is 4.98 Å². The molecule has 2 heterocycles. The van der Waals surface area contributed by atoms with Gasteiger partial charge in [0.15, 0.2) is 5.78 Å². The fraction of sp³-hybridized carbons (Fsp3) is 0.278. The number of nitrogens with one attached hydrogen (secondary N) is 1. The van der Waals surface area contributed by atoms with E-state index in [0.717, 1.165) is 10.7 Å². The van der Waals surface area contributed by atoms with Gasteiger partial charge in [-0.05, 0) is 31.2 Å². The fourth-order valence-electron chi connectivity index (χ4n) is 2.21. The summed E-state index contributed by atoms with van der Waals surface area (Å²) in [6.07, 6.45) is 0.891. The molecule has 1 amide bonds. The van der Waals surface area contributed by atoms with E-state index in [1.54, 1.807) is 42.5 Å². The summed E-state index contributed by atoms with van der Waals surface area (Å²) in [6, 6.07) is 6.81. The Bertz CT molecular complexity index is 934. The van der Waals surface area contributed by atoms with Crippen molar-refractivity contribution >= 4 is 40.5 Å². The van der Waals surface area contributed by atoms with Gasteiger partial charge >= 0.3 is 0 Å². The van der Waals surface area contributed by atoms with Gasteiger partial charge in [-0.1, -0.05) is 18.7 Å². The number of ketones is 1. The van der Waals surface area contributed by atoms with Crippen LogP contribution in [0.1, 0.15) is 40.3 Å². The average molecular weight is 403 g/mol. The van der Waals surface area contributed by atoms with Gasteiger partial charge in [0.1, 0.15) is 0 Å². The predicted octanol–water partition coefficient (Wildman–Crippen LogP) is 3.75. The molecule has 1 N–H and O–H groups in total. The number of amides is 1. The molecule has 0 atom stereocenters. The van der Waals surface area contributed by atoms with Crippen LogP contribution in [0.3, 0.4) is 0 Å². The molecule has 3 aromatic rings. The summed E-state index contributed by atoms with van der Waals surface area (Å²) in [5.74, 6) is 0.553. The summed E-state index contributed by atoms with van der Waals surface area (Å²) in [7, 11) is 0. The molecule has 1 aromatic carbocycles. The number of thiazole rings is 1. The van der Waals surface area contributed by atoms with Crippen LogP contribution < -0.4 is 5.32 Å². The highest BCUT2D eigenvalue weighted by Gasteiger charge is 2.13. The molecule has 9 heteroatoms. The van der Waals surface area contributed by atoms with Crippen LogP contribution in [0.4, 0.5) is 5.69 Å². The van der Waals surface area contributed by atoms with E-state index in [4.69, 9.17) is 4.42 Å².